The van der Waals surface area contributed by atoms with Gasteiger partial charge in [0, 0.05) is 22.0 Å². The van der Waals surface area contributed by atoms with Crippen molar-refractivity contribution in [1.82, 2.24) is 4.98 Å². The molecule has 0 spiro atoms. The number of halogens is 1. The van der Waals surface area contributed by atoms with Crippen molar-refractivity contribution in [2.45, 2.75) is 41.9 Å². The summed E-state index contributed by atoms with van der Waals surface area (Å²) in [6, 6.07) is 10.8. The van der Waals surface area contributed by atoms with E-state index in [1.807, 2.05) is 12.1 Å². The first-order valence-electron chi connectivity index (χ1n) is 8.94. The molecule has 3 rings (SSSR count). The normalized spacial score (nSPS) is 21.0. The van der Waals surface area contributed by atoms with Gasteiger partial charge in [0.05, 0.1) is 10.1 Å². The zero-order chi connectivity index (χ0) is 19.7. The van der Waals surface area contributed by atoms with Crippen LogP contribution in [0.5, 0.6) is 0 Å². The first-order valence-corrected chi connectivity index (χ1v) is 13.9. The summed E-state index contributed by atoms with van der Waals surface area (Å²) in [5, 5.41) is 3.80. The second kappa shape index (κ2) is 8.06. The summed E-state index contributed by atoms with van der Waals surface area (Å²) in [6.45, 7) is 3.45. The molecule has 1 aromatic carbocycles. The van der Waals surface area contributed by atoms with E-state index in [1.165, 1.54) is 0 Å². The summed E-state index contributed by atoms with van der Waals surface area (Å²) in [5.74, 6) is 0.742. The average Bonchev–Trinajstić information content (AvgIpc) is 2.62. The van der Waals surface area contributed by atoms with Gasteiger partial charge in [0.2, 0.25) is 0 Å². The Bertz CT molecular complexity index is 932. The highest BCUT2D eigenvalue weighted by Crippen LogP contribution is 2.34. The van der Waals surface area contributed by atoms with Crippen molar-refractivity contribution >= 4 is 44.0 Å². The molecule has 0 amide bonds. The third kappa shape index (κ3) is 5.01. The number of aromatic nitrogens is 1. The largest absolute Gasteiger partial charge is 0.367 e. The van der Waals surface area contributed by atoms with Crippen molar-refractivity contribution in [2.24, 2.45) is 0 Å². The Hall–Kier alpha value is -1.17. The van der Waals surface area contributed by atoms with E-state index in [2.05, 4.69) is 26.2 Å². The number of rotatable bonds is 5. The SMILES string of the molecule is CP(C)(=O)c1ccc(NC2CCC(S(=O)(=O)c3ccc(Br)cc3)CC2)nc1. The fourth-order valence-corrected chi connectivity index (χ4v) is 6.16. The van der Waals surface area contributed by atoms with Gasteiger partial charge in [-0.3, -0.25) is 0 Å². The topological polar surface area (TPSA) is 76.1 Å². The van der Waals surface area contributed by atoms with Crippen molar-refractivity contribution < 1.29 is 13.0 Å². The van der Waals surface area contributed by atoms with E-state index < -0.39 is 17.0 Å². The predicted molar refractivity (Wildman–Crippen MR) is 114 cm³/mol. The number of hydrogen-bond donors (Lipinski definition) is 1. The van der Waals surface area contributed by atoms with E-state index in [9.17, 15) is 13.0 Å². The zero-order valence-corrected chi connectivity index (χ0v) is 18.7. The molecule has 0 atom stereocenters. The van der Waals surface area contributed by atoms with Crippen LogP contribution in [0.25, 0.3) is 0 Å². The minimum atomic E-state index is -3.29. The lowest BCUT2D eigenvalue weighted by Crippen LogP contribution is -2.33. The Labute approximate surface area is 169 Å². The van der Waals surface area contributed by atoms with Crippen LogP contribution < -0.4 is 10.6 Å². The molecule has 5 nitrogen and oxygen atoms in total. The van der Waals surface area contributed by atoms with E-state index in [-0.39, 0.29) is 11.3 Å². The molecule has 146 valence electrons. The Morgan fingerprint density at radius 2 is 1.67 bits per heavy atom. The summed E-state index contributed by atoms with van der Waals surface area (Å²) >= 11 is 3.34. The molecule has 0 radical (unpaired) electrons. The molecule has 2 aromatic rings. The Kier molecular flexibility index (Phi) is 6.14. The molecule has 0 unspecified atom stereocenters. The highest BCUT2D eigenvalue weighted by molar-refractivity contribution is 9.10. The Morgan fingerprint density at radius 1 is 1.04 bits per heavy atom. The van der Waals surface area contributed by atoms with Gasteiger partial charge in [0.1, 0.15) is 13.0 Å². The second-order valence-corrected chi connectivity index (χ2v) is 13.7. The maximum Gasteiger partial charge on any atom is 0.181 e. The maximum absolute atomic E-state index is 12.8. The fourth-order valence-electron chi connectivity index (χ4n) is 3.33. The van der Waals surface area contributed by atoms with Crippen LogP contribution >= 0.6 is 23.1 Å². The van der Waals surface area contributed by atoms with E-state index in [0.29, 0.717) is 17.7 Å². The second-order valence-electron chi connectivity index (χ2n) is 7.37. The van der Waals surface area contributed by atoms with Gasteiger partial charge in [-0.25, -0.2) is 13.4 Å². The minimum Gasteiger partial charge on any atom is -0.367 e. The van der Waals surface area contributed by atoms with Gasteiger partial charge in [-0.15, -0.1) is 0 Å². The van der Waals surface area contributed by atoms with Gasteiger partial charge in [-0.2, -0.15) is 0 Å². The van der Waals surface area contributed by atoms with Crippen LogP contribution in [-0.2, 0) is 14.4 Å². The average molecular weight is 471 g/mol. The number of hydrogen-bond acceptors (Lipinski definition) is 5. The lowest BCUT2D eigenvalue weighted by molar-refractivity contribution is 0.451. The first kappa shape index (κ1) is 20.6. The molecule has 1 saturated carbocycles. The smallest absolute Gasteiger partial charge is 0.181 e. The van der Waals surface area contributed by atoms with Crippen molar-refractivity contribution in [3.8, 4) is 0 Å². The van der Waals surface area contributed by atoms with Crippen LogP contribution in [0.4, 0.5) is 5.82 Å². The monoisotopic (exact) mass is 470 g/mol. The third-order valence-corrected chi connectivity index (χ3v) is 9.29. The molecule has 1 fully saturated rings. The molecule has 1 aliphatic carbocycles. The fraction of sp³-hybridized carbons (Fsp3) is 0.421. The molecule has 1 N–H and O–H groups in total. The van der Waals surface area contributed by atoms with Crippen LogP contribution in [0.3, 0.4) is 0 Å². The van der Waals surface area contributed by atoms with E-state index in [1.54, 1.807) is 43.8 Å². The Morgan fingerprint density at radius 3 is 2.19 bits per heavy atom. The van der Waals surface area contributed by atoms with Gasteiger partial charge < -0.3 is 9.88 Å². The molecule has 0 saturated heterocycles. The van der Waals surface area contributed by atoms with Crippen molar-refractivity contribution in [3.63, 3.8) is 0 Å². The van der Waals surface area contributed by atoms with Crippen molar-refractivity contribution in [2.75, 3.05) is 18.6 Å². The standard InChI is InChI=1S/C19H24BrN2O3PS/c1-26(2,23)16-7-12-19(21-13-16)22-15-5-10-18(11-6-15)27(24,25)17-8-3-14(20)4-9-17/h3-4,7-9,12-13,15,18H,5-6,10-11H2,1-2H3,(H,21,22). The molecular weight excluding hydrogens is 447 g/mol. The maximum atomic E-state index is 12.8. The summed E-state index contributed by atoms with van der Waals surface area (Å²) in [5.41, 5.74) is 0. The van der Waals surface area contributed by atoms with Crippen LogP contribution in [0.1, 0.15) is 25.7 Å². The summed E-state index contributed by atoms with van der Waals surface area (Å²) < 4.78 is 38.6. The lowest BCUT2D eigenvalue weighted by Gasteiger charge is -2.29. The Balaban J connectivity index is 1.60. The van der Waals surface area contributed by atoms with E-state index >= 15 is 0 Å². The molecule has 8 heteroatoms. The minimum absolute atomic E-state index is 0.203. The van der Waals surface area contributed by atoms with E-state index in [0.717, 1.165) is 28.4 Å². The van der Waals surface area contributed by atoms with Crippen LogP contribution in [0.15, 0.2) is 52.0 Å². The summed E-state index contributed by atoms with van der Waals surface area (Å²) in [6.07, 6.45) is 4.49. The molecule has 1 aromatic heterocycles. The van der Waals surface area contributed by atoms with Crippen LogP contribution in [0, 0.1) is 0 Å². The van der Waals surface area contributed by atoms with Gasteiger partial charge in [0.25, 0.3) is 0 Å². The lowest BCUT2D eigenvalue weighted by atomic mass is 9.95. The molecule has 0 aliphatic heterocycles. The van der Waals surface area contributed by atoms with Gasteiger partial charge in [0.15, 0.2) is 9.84 Å². The van der Waals surface area contributed by atoms with Crippen molar-refractivity contribution in [1.29, 1.82) is 0 Å². The van der Waals surface area contributed by atoms with Crippen LogP contribution in [-0.4, -0.2) is 38.0 Å². The quantitative estimate of drug-likeness (QED) is 0.659. The van der Waals surface area contributed by atoms with E-state index in [4.69, 9.17) is 0 Å². The highest BCUT2D eigenvalue weighted by Gasteiger charge is 2.32. The molecule has 0 bridgehead atoms. The van der Waals surface area contributed by atoms with Gasteiger partial charge >= 0.3 is 0 Å². The zero-order valence-electron chi connectivity index (χ0n) is 15.4. The molecule has 1 heterocycles. The number of pyridine rings is 1. The number of benzene rings is 1. The van der Waals surface area contributed by atoms with Crippen LogP contribution in [0.2, 0.25) is 0 Å². The third-order valence-electron chi connectivity index (χ3n) is 4.98. The number of nitrogens with zero attached hydrogens (tertiary/aromatic N) is 1. The predicted octanol–water partition coefficient (Wildman–Crippen LogP) is 4.29. The van der Waals surface area contributed by atoms with Crippen molar-refractivity contribution in [3.05, 3.63) is 47.1 Å². The molecule has 27 heavy (non-hydrogen) atoms. The number of anilines is 1. The first-order chi connectivity index (χ1) is 12.7. The number of sulfone groups is 1. The molecular formula is C19H24BrN2O3PS. The molecule has 1 aliphatic rings. The summed E-state index contributed by atoms with van der Waals surface area (Å²) in [7, 11) is -5.59. The summed E-state index contributed by atoms with van der Waals surface area (Å²) in [4.78, 5) is 4.75. The number of nitrogens with one attached hydrogen (secondary N) is 1. The van der Waals surface area contributed by atoms with Gasteiger partial charge in [-0.1, -0.05) is 15.9 Å². The highest BCUT2D eigenvalue weighted by atomic mass is 79.9. The van der Waals surface area contributed by atoms with Gasteiger partial charge in [-0.05, 0) is 75.4 Å².